The van der Waals surface area contributed by atoms with E-state index in [0.717, 1.165) is 9.79 Å². The first-order chi connectivity index (χ1) is 11.0. The average Bonchev–Trinajstić information content (AvgIpc) is 2.53. The molecule has 0 spiro atoms. The monoisotopic (exact) mass is 387 g/mol. The van der Waals surface area contributed by atoms with E-state index < -0.39 is 0 Å². The number of anilines is 1. The van der Waals surface area contributed by atoms with Crippen LogP contribution in [0.3, 0.4) is 0 Å². The van der Waals surface area contributed by atoms with E-state index in [1.165, 1.54) is 16.8 Å². The summed E-state index contributed by atoms with van der Waals surface area (Å²) in [6.07, 6.45) is 0. The van der Waals surface area contributed by atoms with Gasteiger partial charge in [0.05, 0.1) is 15.7 Å². The molecule has 3 rings (SSSR count). The number of urea groups is 1. The van der Waals surface area contributed by atoms with Gasteiger partial charge in [-0.15, -0.1) is 0 Å². The summed E-state index contributed by atoms with van der Waals surface area (Å²) < 4.78 is 0. The molecule has 0 unspecified atom stereocenters. The number of hydrogen-bond acceptors (Lipinski definition) is 3. The van der Waals surface area contributed by atoms with Crippen LogP contribution in [0.2, 0.25) is 15.1 Å². The molecular formula is C15H12Cl3N3OS. The second-order valence-electron chi connectivity index (χ2n) is 4.77. The Morgan fingerprint density at radius 3 is 2.26 bits per heavy atom. The van der Waals surface area contributed by atoms with Gasteiger partial charge in [-0.25, -0.2) is 15.2 Å². The Morgan fingerprint density at radius 2 is 1.65 bits per heavy atom. The number of halogens is 3. The number of hydrogen-bond donors (Lipinski definition) is 2. The van der Waals surface area contributed by atoms with Gasteiger partial charge in [-0.1, -0.05) is 46.6 Å². The number of benzene rings is 2. The van der Waals surface area contributed by atoms with E-state index in [0.29, 0.717) is 33.8 Å². The molecule has 0 saturated carbocycles. The maximum atomic E-state index is 11.9. The van der Waals surface area contributed by atoms with Crippen molar-refractivity contribution in [2.75, 3.05) is 18.1 Å². The molecule has 4 nitrogen and oxygen atoms in total. The lowest BCUT2D eigenvalue weighted by Gasteiger charge is -2.28. The minimum absolute atomic E-state index is 0.235. The molecule has 2 N–H and O–H groups in total. The fraction of sp³-hybridized carbons (Fsp3) is 0.133. The molecule has 2 amide bonds. The maximum Gasteiger partial charge on any atom is 0.336 e. The average molecular weight is 389 g/mol. The third kappa shape index (κ3) is 3.87. The molecule has 1 aliphatic heterocycles. The van der Waals surface area contributed by atoms with Crippen LogP contribution in [0.1, 0.15) is 0 Å². The lowest BCUT2D eigenvalue weighted by molar-refractivity contribution is 0.239. The SMILES string of the molecule is O=C1NCCNN1c1cc(Cl)c(Sc2ccc(Cl)cc2)c(Cl)c1. The fourth-order valence-corrected chi connectivity index (χ4v) is 3.74. The highest BCUT2D eigenvalue weighted by Gasteiger charge is 2.21. The number of hydrazine groups is 1. The molecule has 23 heavy (non-hydrogen) atoms. The van der Waals surface area contributed by atoms with Crippen LogP contribution in [0.4, 0.5) is 10.5 Å². The van der Waals surface area contributed by atoms with Gasteiger partial charge < -0.3 is 5.32 Å². The van der Waals surface area contributed by atoms with Crippen LogP contribution in [-0.4, -0.2) is 19.1 Å². The summed E-state index contributed by atoms with van der Waals surface area (Å²) in [6.45, 7) is 1.23. The maximum absolute atomic E-state index is 11.9. The molecule has 0 atom stereocenters. The topological polar surface area (TPSA) is 44.4 Å². The molecule has 0 aromatic heterocycles. The normalized spacial score (nSPS) is 14.7. The molecule has 120 valence electrons. The Bertz CT molecular complexity index is 716. The summed E-state index contributed by atoms with van der Waals surface area (Å²) in [7, 11) is 0. The fourth-order valence-electron chi connectivity index (χ4n) is 2.09. The minimum atomic E-state index is -0.235. The van der Waals surface area contributed by atoms with Crippen LogP contribution in [0, 0.1) is 0 Å². The Labute approximate surface area is 153 Å². The molecule has 1 saturated heterocycles. The Balaban J connectivity index is 1.88. The Morgan fingerprint density at radius 1 is 1.00 bits per heavy atom. The molecule has 8 heteroatoms. The molecule has 0 radical (unpaired) electrons. The van der Waals surface area contributed by atoms with Gasteiger partial charge in [-0.3, -0.25) is 0 Å². The van der Waals surface area contributed by atoms with Gasteiger partial charge in [-0.2, -0.15) is 0 Å². The van der Waals surface area contributed by atoms with Gasteiger partial charge >= 0.3 is 6.03 Å². The van der Waals surface area contributed by atoms with Crippen molar-refractivity contribution >= 4 is 58.3 Å². The van der Waals surface area contributed by atoms with E-state index >= 15 is 0 Å². The summed E-state index contributed by atoms with van der Waals surface area (Å²) in [6, 6.07) is 10.6. The lowest BCUT2D eigenvalue weighted by atomic mass is 10.3. The molecular weight excluding hydrogens is 377 g/mol. The van der Waals surface area contributed by atoms with Crippen molar-refractivity contribution in [1.29, 1.82) is 0 Å². The molecule has 1 aliphatic rings. The van der Waals surface area contributed by atoms with Gasteiger partial charge in [0.1, 0.15) is 0 Å². The van der Waals surface area contributed by atoms with Gasteiger partial charge in [0.25, 0.3) is 0 Å². The van der Waals surface area contributed by atoms with Crippen molar-refractivity contribution in [3.05, 3.63) is 51.5 Å². The first-order valence-electron chi connectivity index (χ1n) is 6.78. The second kappa shape index (κ2) is 7.20. The molecule has 2 aromatic rings. The second-order valence-corrected chi connectivity index (χ2v) is 7.10. The standard InChI is InChI=1S/C15H12Cl3N3OS/c16-9-1-3-11(4-2-9)23-14-12(17)7-10(8-13(14)18)21-15(22)19-5-6-20-21/h1-4,7-8,20H,5-6H2,(H,19,22). The van der Waals surface area contributed by atoms with Crippen LogP contribution in [0.25, 0.3) is 0 Å². The van der Waals surface area contributed by atoms with E-state index in [1.54, 1.807) is 12.1 Å². The highest BCUT2D eigenvalue weighted by Crippen LogP contribution is 2.41. The van der Waals surface area contributed by atoms with E-state index in [9.17, 15) is 4.79 Å². The zero-order chi connectivity index (χ0) is 16.4. The summed E-state index contributed by atoms with van der Waals surface area (Å²) in [5, 5.41) is 5.78. The van der Waals surface area contributed by atoms with Crippen molar-refractivity contribution in [3.63, 3.8) is 0 Å². The number of nitrogens with zero attached hydrogens (tertiary/aromatic N) is 1. The van der Waals surface area contributed by atoms with Crippen molar-refractivity contribution in [2.45, 2.75) is 9.79 Å². The van der Waals surface area contributed by atoms with Crippen LogP contribution >= 0.6 is 46.6 Å². The highest BCUT2D eigenvalue weighted by atomic mass is 35.5. The van der Waals surface area contributed by atoms with E-state index in [-0.39, 0.29) is 6.03 Å². The Hall–Kier alpha value is -1.11. The smallest absolute Gasteiger partial charge is 0.335 e. The van der Waals surface area contributed by atoms with Crippen LogP contribution in [0.5, 0.6) is 0 Å². The number of amides is 2. The minimum Gasteiger partial charge on any atom is -0.335 e. The molecule has 0 bridgehead atoms. The zero-order valence-corrected chi connectivity index (χ0v) is 14.9. The zero-order valence-electron chi connectivity index (χ0n) is 11.8. The van der Waals surface area contributed by atoms with Gasteiger partial charge in [0.15, 0.2) is 0 Å². The van der Waals surface area contributed by atoms with Crippen LogP contribution < -0.4 is 15.8 Å². The lowest BCUT2D eigenvalue weighted by Crippen LogP contribution is -2.56. The number of carbonyl (C=O) groups excluding carboxylic acids is 1. The van der Waals surface area contributed by atoms with Crippen molar-refractivity contribution < 1.29 is 4.79 Å². The Kier molecular flexibility index (Phi) is 5.24. The summed E-state index contributed by atoms with van der Waals surface area (Å²) in [5.41, 5.74) is 3.59. The van der Waals surface area contributed by atoms with E-state index in [1.807, 2.05) is 24.3 Å². The largest absolute Gasteiger partial charge is 0.336 e. The van der Waals surface area contributed by atoms with Crippen molar-refractivity contribution in [2.24, 2.45) is 0 Å². The van der Waals surface area contributed by atoms with E-state index in [4.69, 9.17) is 34.8 Å². The molecule has 2 aromatic carbocycles. The summed E-state index contributed by atoms with van der Waals surface area (Å²) >= 11 is 20.1. The summed E-state index contributed by atoms with van der Waals surface area (Å²) in [4.78, 5) is 13.6. The first-order valence-corrected chi connectivity index (χ1v) is 8.73. The van der Waals surface area contributed by atoms with Gasteiger partial charge in [-0.05, 0) is 36.4 Å². The number of carbonyl (C=O) groups is 1. The van der Waals surface area contributed by atoms with Crippen molar-refractivity contribution in [3.8, 4) is 0 Å². The number of nitrogens with one attached hydrogen (secondary N) is 2. The quantitative estimate of drug-likeness (QED) is 0.791. The molecule has 0 aliphatic carbocycles. The third-order valence-corrected chi connectivity index (χ3v) is 5.37. The number of rotatable bonds is 3. The van der Waals surface area contributed by atoms with Gasteiger partial charge in [0, 0.05) is 27.9 Å². The van der Waals surface area contributed by atoms with Crippen LogP contribution in [-0.2, 0) is 0 Å². The third-order valence-electron chi connectivity index (χ3n) is 3.15. The molecule has 1 fully saturated rings. The predicted octanol–water partition coefficient (Wildman–Crippen LogP) is 4.83. The first kappa shape index (κ1) is 16.7. The molecule has 1 heterocycles. The van der Waals surface area contributed by atoms with E-state index in [2.05, 4.69) is 10.7 Å². The van der Waals surface area contributed by atoms with Gasteiger partial charge in [0.2, 0.25) is 0 Å². The highest BCUT2D eigenvalue weighted by molar-refractivity contribution is 7.99. The summed E-state index contributed by atoms with van der Waals surface area (Å²) in [5.74, 6) is 0. The van der Waals surface area contributed by atoms with Crippen molar-refractivity contribution in [1.82, 2.24) is 10.7 Å². The predicted molar refractivity (Wildman–Crippen MR) is 95.9 cm³/mol. The van der Waals surface area contributed by atoms with Crippen LogP contribution in [0.15, 0.2) is 46.2 Å².